The first kappa shape index (κ1) is 17.3. The van der Waals surface area contributed by atoms with Crippen molar-refractivity contribution in [2.75, 3.05) is 6.61 Å². The van der Waals surface area contributed by atoms with Crippen LogP contribution in [0.5, 0.6) is 5.75 Å². The van der Waals surface area contributed by atoms with Crippen molar-refractivity contribution in [3.05, 3.63) is 28.8 Å². The van der Waals surface area contributed by atoms with Crippen molar-refractivity contribution in [1.29, 1.82) is 5.26 Å². The summed E-state index contributed by atoms with van der Waals surface area (Å²) in [6, 6.07) is 3.86. The Kier molecular flexibility index (Phi) is 6.03. The van der Waals surface area contributed by atoms with Crippen molar-refractivity contribution in [2.45, 2.75) is 25.0 Å². The molecule has 0 aromatic heterocycles. The number of hydrogen-bond acceptors (Lipinski definition) is 4. The Balaban J connectivity index is 3.19. The molecule has 0 saturated heterocycles. The highest BCUT2D eigenvalue weighted by Gasteiger charge is 2.31. The maximum absolute atomic E-state index is 12.2. The van der Waals surface area contributed by atoms with Crippen LogP contribution in [0.2, 0.25) is 0 Å². The lowest BCUT2D eigenvalue weighted by molar-refractivity contribution is -0.274. The van der Waals surface area contributed by atoms with E-state index in [2.05, 4.69) is 20.7 Å². The fourth-order valence-electron chi connectivity index (χ4n) is 1.68. The molecule has 0 amide bonds. The SMILES string of the molecule is CCOC(=O)Cc1c(C#N)cc(OC(F)(F)F)cc1CBr. The highest BCUT2D eigenvalue weighted by atomic mass is 79.9. The van der Waals surface area contributed by atoms with E-state index in [0.29, 0.717) is 11.1 Å². The van der Waals surface area contributed by atoms with Gasteiger partial charge < -0.3 is 9.47 Å². The fraction of sp³-hybridized carbons (Fsp3) is 0.385. The number of carbonyl (C=O) groups excluding carboxylic acids is 1. The predicted octanol–water partition coefficient (Wildman–Crippen LogP) is 3.46. The standard InChI is InChI=1S/C13H11BrF3NO3/c1-2-20-12(19)5-11-8(6-14)3-10(4-9(11)7-18)21-13(15,16)17/h3-4H,2,5-6H2,1H3. The number of carbonyl (C=O) groups is 1. The van der Waals surface area contributed by atoms with Crippen LogP contribution >= 0.6 is 15.9 Å². The van der Waals surface area contributed by atoms with Gasteiger partial charge in [-0.15, -0.1) is 13.2 Å². The van der Waals surface area contributed by atoms with Crippen LogP contribution in [-0.4, -0.2) is 18.9 Å². The Morgan fingerprint density at radius 3 is 2.57 bits per heavy atom. The summed E-state index contributed by atoms with van der Waals surface area (Å²) in [6.45, 7) is 1.81. The molecule has 0 aliphatic heterocycles. The fourth-order valence-corrected chi connectivity index (χ4v) is 2.18. The lowest BCUT2D eigenvalue weighted by Gasteiger charge is -2.14. The lowest BCUT2D eigenvalue weighted by atomic mass is 9.99. The molecule has 0 unspecified atom stereocenters. The normalized spacial score (nSPS) is 10.9. The summed E-state index contributed by atoms with van der Waals surface area (Å²) in [5, 5.41) is 9.22. The lowest BCUT2D eigenvalue weighted by Crippen LogP contribution is -2.18. The third kappa shape index (κ3) is 5.27. The van der Waals surface area contributed by atoms with Crippen molar-refractivity contribution in [3.8, 4) is 11.8 Å². The molecule has 1 rings (SSSR count). The third-order valence-corrected chi connectivity index (χ3v) is 3.04. The van der Waals surface area contributed by atoms with E-state index in [-0.39, 0.29) is 23.9 Å². The Bertz CT molecular complexity index is 567. The molecule has 0 heterocycles. The van der Waals surface area contributed by atoms with Crippen LogP contribution < -0.4 is 4.74 Å². The number of hydrogen-bond donors (Lipinski definition) is 0. The number of nitriles is 1. The van der Waals surface area contributed by atoms with Gasteiger partial charge in [-0.25, -0.2) is 0 Å². The van der Waals surface area contributed by atoms with Crippen LogP contribution in [0.3, 0.4) is 0 Å². The van der Waals surface area contributed by atoms with Crippen molar-refractivity contribution in [2.24, 2.45) is 0 Å². The van der Waals surface area contributed by atoms with Crippen molar-refractivity contribution >= 4 is 21.9 Å². The van der Waals surface area contributed by atoms with Crippen molar-refractivity contribution < 1.29 is 27.4 Å². The minimum absolute atomic E-state index is 0.0562. The summed E-state index contributed by atoms with van der Waals surface area (Å²) in [5.41, 5.74) is 0.628. The van der Waals surface area contributed by atoms with E-state index in [9.17, 15) is 18.0 Å². The number of rotatable bonds is 5. The molecule has 0 spiro atoms. The van der Waals surface area contributed by atoms with E-state index in [1.165, 1.54) is 0 Å². The Morgan fingerprint density at radius 2 is 2.10 bits per heavy atom. The smallest absolute Gasteiger partial charge is 0.466 e. The number of esters is 1. The van der Waals surface area contributed by atoms with Crippen LogP contribution in [0.25, 0.3) is 0 Å². The average Bonchev–Trinajstić information content (AvgIpc) is 2.38. The maximum atomic E-state index is 12.2. The molecule has 1 aromatic carbocycles. The molecule has 21 heavy (non-hydrogen) atoms. The molecule has 8 heteroatoms. The average molecular weight is 366 g/mol. The summed E-state index contributed by atoms with van der Waals surface area (Å²) >= 11 is 3.12. The molecule has 0 aliphatic carbocycles. The second-order valence-electron chi connectivity index (χ2n) is 3.88. The molecule has 0 aliphatic rings. The molecular weight excluding hydrogens is 355 g/mol. The molecular formula is C13H11BrF3NO3. The highest BCUT2D eigenvalue weighted by Crippen LogP contribution is 2.29. The summed E-state index contributed by atoms with van der Waals surface area (Å²) in [4.78, 5) is 11.5. The van der Waals surface area contributed by atoms with E-state index >= 15 is 0 Å². The van der Waals surface area contributed by atoms with E-state index in [1.807, 2.05) is 0 Å². The number of ether oxygens (including phenoxy) is 2. The summed E-state index contributed by atoms with van der Waals surface area (Å²) in [5.74, 6) is -1.05. The van der Waals surface area contributed by atoms with Gasteiger partial charge in [0, 0.05) is 5.33 Å². The molecule has 1 aromatic rings. The van der Waals surface area contributed by atoms with E-state index in [0.717, 1.165) is 12.1 Å². The molecule has 4 nitrogen and oxygen atoms in total. The van der Waals surface area contributed by atoms with Crippen LogP contribution in [0.4, 0.5) is 13.2 Å². The van der Waals surface area contributed by atoms with Gasteiger partial charge in [0.2, 0.25) is 0 Å². The van der Waals surface area contributed by atoms with Gasteiger partial charge in [0.15, 0.2) is 0 Å². The van der Waals surface area contributed by atoms with Crippen LogP contribution in [-0.2, 0) is 21.3 Å². The predicted molar refractivity (Wildman–Crippen MR) is 70.8 cm³/mol. The third-order valence-electron chi connectivity index (χ3n) is 2.44. The highest BCUT2D eigenvalue weighted by molar-refractivity contribution is 9.08. The van der Waals surface area contributed by atoms with Crippen LogP contribution in [0.15, 0.2) is 12.1 Å². The van der Waals surface area contributed by atoms with Gasteiger partial charge in [-0.2, -0.15) is 5.26 Å². The van der Waals surface area contributed by atoms with Gasteiger partial charge in [-0.3, -0.25) is 4.79 Å². The number of nitrogens with zero attached hydrogens (tertiary/aromatic N) is 1. The quantitative estimate of drug-likeness (QED) is 0.592. The Labute approximate surface area is 127 Å². The molecule has 0 saturated carbocycles. The van der Waals surface area contributed by atoms with Gasteiger partial charge in [0.25, 0.3) is 0 Å². The van der Waals surface area contributed by atoms with Gasteiger partial charge in [-0.05, 0) is 30.2 Å². The summed E-state index contributed by atoms with van der Waals surface area (Å²) in [6.07, 6.45) is -5.04. The van der Waals surface area contributed by atoms with Crippen molar-refractivity contribution in [1.82, 2.24) is 0 Å². The van der Waals surface area contributed by atoms with Gasteiger partial charge in [-0.1, -0.05) is 15.9 Å². The molecule has 0 bridgehead atoms. The topological polar surface area (TPSA) is 59.3 Å². The van der Waals surface area contributed by atoms with Crippen molar-refractivity contribution in [3.63, 3.8) is 0 Å². The number of benzene rings is 1. The summed E-state index contributed by atoms with van der Waals surface area (Å²) < 4.78 is 45.3. The molecule has 0 fully saturated rings. The number of halogens is 4. The Morgan fingerprint density at radius 1 is 1.43 bits per heavy atom. The summed E-state index contributed by atoms with van der Waals surface area (Å²) in [7, 11) is 0. The molecule has 0 N–H and O–H groups in total. The van der Waals surface area contributed by atoms with E-state index in [4.69, 9.17) is 10.00 Å². The second-order valence-corrected chi connectivity index (χ2v) is 4.44. The minimum Gasteiger partial charge on any atom is -0.466 e. The van der Waals surface area contributed by atoms with Gasteiger partial charge in [0.1, 0.15) is 5.75 Å². The van der Waals surface area contributed by atoms with Gasteiger partial charge >= 0.3 is 12.3 Å². The zero-order valence-electron chi connectivity index (χ0n) is 11.0. The van der Waals surface area contributed by atoms with Crippen LogP contribution in [0.1, 0.15) is 23.6 Å². The van der Waals surface area contributed by atoms with Crippen LogP contribution in [0, 0.1) is 11.3 Å². The first-order valence-corrected chi connectivity index (χ1v) is 6.96. The second kappa shape index (κ2) is 7.31. The number of alkyl halides is 4. The largest absolute Gasteiger partial charge is 0.573 e. The molecule has 0 radical (unpaired) electrons. The molecule has 0 atom stereocenters. The van der Waals surface area contributed by atoms with E-state index in [1.54, 1.807) is 13.0 Å². The Hall–Kier alpha value is -1.75. The monoisotopic (exact) mass is 365 g/mol. The van der Waals surface area contributed by atoms with Gasteiger partial charge in [0.05, 0.1) is 24.7 Å². The molecule has 114 valence electrons. The minimum atomic E-state index is -4.85. The first-order valence-electron chi connectivity index (χ1n) is 5.84. The zero-order valence-corrected chi connectivity index (χ0v) is 12.5. The maximum Gasteiger partial charge on any atom is 0.573 e. The van der Waals surface area contributed by atoms with E-state index < -0.39 is 18.1 Å². The zero-order chi connectivity index (χ0) is 16.0. The first-order chi connectivity index (χ1) is 9.80.